The number of rotatable bonds is 6. The molecule has 5 heteroatoms. The number of benzene rings is 1. The fraction of sp³-hybridized carbons (Fsp3) is 0.529. The molecule has 2 unspecified atom stereocenters. The molecular weight excluding hydrogens is 278 g/mol. The molecule has 1 heterocycles. The molecule has 0 saturated carbocycles. The Balaban J connectivity index is 1.99. The van der Waals surface area contributed by atoms with Crippen LogP contribution in [-0.2, 0) is 4.79 Å². The van der Waals surface area contributed by atoms with E-state index < -0.39 is 0 Å². The monoisotopic (exact) mass is 301 g/mol. The second-order valence-electron chi connectivity index (χ2n) is 5.81. The molecule has 1 amide bonds. The Kier molecular flexibility index (Phi) is 5.93. The first-order valence-electron chi connectivity index (χ1n) is 7.74. The number of hydrogen-bond acceptors (Lipinski definition) is 4. The number of aliphatic hydroxyl groups is 1. The summed E-state index contributed by atoms with van der Waals surface area (Å²) in [7, 11) is 0. The molecule has 1 fully saturated rings. The van der Waals surface area contributed by atoms with E-state index in [-0.39, 0.29) is 17.9 Å². The number of nitrogens with zero attached hydrogens (tertiary/aromatic N) is 3. The van der Waals surface area contributed by atoms with Crippen molar-refractivity contribution in [3.63, 3.8) is 0 Å². The highest BCUT2D eigenvalue weighted by Crippen LogP contribution is 2.20. The van der Waals surface area contributed by atoms with Crippen molar-refractivity contribution >= 4 is 11.6 Å². The molecule has 2 atom stereocenters. The third kappa shape index (κ3) is 4.30. The molecule has 0 spiro atoms. The Morgan fingerprint density at radius 1 is 1.50 bits per heavy atom. The SMILES string of the molecule is CC(O)C1CCN(CC(=O)N(CCC#N)c2ccccc2)C1. The van der Waals surface area contributed by atoms with Crippen LogP contribution in [0.2, 0.25) is 0 Å². The minimum absolute atomic E-state index is 0.00712. The summed E-state index contributed by atoms with van der Waals surface area (Å²) in [6, 6.07) is 11.6. The van der Waals surface area contributed by atoms with E-state index in [1.54, 1.807) is 11.8 Å². The summed E-state index contributed by atoms with van der Waals surface area (Å²) in [5.41, 5.74) is 0.828. The van der Waals surface area contributed by atoms with Gasteiger partial charge < -0.3 is 10.0 Å². The van der Waals surface area contributed by atoms with Crippen LogP contribution in [0.25, 0.3) is 0 Å². The van der Waals surface area contributed by atoms with E-state index in [0.29, 0.717) is 19.5 Å². The van der Waals surface area contributed by atoms with Crippen molar-refractivity contribution < 1.29 is 9.90 Å². The average molecular weight is 301 g/mol. The van der Waals surface area contributed by atoms with Gasteiger partial charge in [-0.1, -0.05) is 18.2 Å². The van der Waals surface area contributed by atoms with E-state index in [1.807, 2.05) is 30.3 Å². The molecule has 22 heavy (non-hydrogen) atoms. The summed E-state index contributed by atoms with van der Waals surface area (Å²) in [5, 5.41) is 18.4. The van der Waals surface area contributed by atoms with Crippen LogP contribution in [0.3, 0.4) is 0 Å². The zero-order chi connectivity index (χ0) is 15.9. The quantitative estimate of drug-likeness (QED) is 0.867. The fourth-order valence-electron chi connectivity index (χ4n) is 2.84. The van der Waals surface area contributed by atoms with Crippen LogP contribution in [0, 0.1) is 17.2 Å². The van der Waals surface area contributed by atoms with Crippen molar-refractivity contribution in [3.8, 4) is 6.07 Å². The summed E-state index contributed by atoms with van der Waals surface area (Å²) in [5.74, 6) is 0.254. The van der Waals surface area contributed by atoms with Crippen LogP contribution in [0.15, 0.2) is 30.3 Å². The summed E-state index contributed by atoms with van der Waals surface area (Å²) in [6.07, 6.45) is 0.912. The number of carbonyl (C=O) groups is 1. The normalized spacial score (nSPS) is 19.6. The Hall–Kier alpha value is -1.90. The van der Waals surface area contributed by atoms with E-state index in [1.165, 1.54) is 0 Å². The topological polar surface area (TPSA) is 67.6 Å². The highest BCUT2D eigenvalue weighted by molar-refractivity contribution is 5.94. The van der Waals surface area contributed by atoms with Gasteiger partial charge in [0.05, 0.1) is 25.1 Å². The van der Waals surface area contributed by atoms with Crippen LogP contribution in [0.5, 0.6) is 0 Å². The highest BCUT2D eigenvalue weighted by Gasteiger charge is 2.28. The van der Waals surface area contributed by atoms with Crippen molar-refractivity contribution in [2.45, 2.75) is 25.9 Å². The van der Waals surface area contributed by atoms with Gasteiger partial charge in [-0.2, -0.15) is 5.26 Å². The van der Waals surface area contributed by atoms with Crippen molar-refractivity contribution in [3.05, 3.63) is 30.3 Å². The number of aliphatic hydroxyl groups excluding tert-OH is 1. The molecular formula is C17H23N3O2. The number of amides is 1. The van der Waals surface area contributed by atoms with Crippen LogP contribution in [0.4, 0.5) is 5.69 Å². The third-order valence-corrected chi connectivity index (χ3v) is 4.17. The largest absolute Gasteiger partial charge is 0.393 e. The number of likely N-dealkylation sites (tertiary alicyclic amines) is 1. The maximum Gasteiger partial charge on any atom is 0.241 e. The molecule has 1 aromatic rings. The standard InChI is InChI=1S/C17H23N3O2/c1-14(21)15-8-11-19(12-15)13-17(22)20(10-5-9-18)16-6-3-2-4-7-16/h2-4,6-7,14-15,21H,5,8,10-13H2,1H3. The van der Waals surface area contributed by atoms with Crippen molar-refractivity contribution in [2.24, 2.45) is 5.92 Å². The molecule has 5 nitrogen and oxygen atoms in total. The maximum absolute atomic E-state index is 12.6. The van der Waals surface area contributed by atoms with Gasteiger partial charge in [-0.3, -0.25) is 9.69 Å². The van der Waals surface area contributed by atoms with E-state index in [0.717, 1.165) is 25.2 Å². The zero-order valence-corrected chi connectivity index (χ0v) is 13.0. The molecule has 1 N–H and O–H groups in total. The van der Waals surface area contributed by atoms with Gasteiger partial charge in [0, 0.05) is 18.8 Å². The average Bonchev–Trinajstić information content (AvgIpc) is 2.97. The van der Waals surface area contributed by atoms with Gasteiger partial charge in [0.25, 0.3) is 0 Å². The summed E-state index contributed by atoms with van der Waals surface area (Å²) in [4.78, 5) is 16.4. The van der Waals surface area contributed by atoms with Gasteiger partial charge in [-0.15, -0.1) is 0 Å². The molecule has 1 saturated heterocycles. The number of carbonyl (C=O) groups excluding carboxylic acids is 1. The van der Waals surface area contributed by atoms with Gasteiger partial charge in [0.1, 0.15) is 0 Å². The van der Waals surface area contributed by atoms with Gasteiger partial charge in [-0.25, -0.2) is 0 Å². The summed E-state index contributed by atoms with van der Waals surface area (Å²) >= 11 is 0. The van der Waals surface area contributed by atoms with Crippen LogP contribution in [-0.4, -0.2) is 48.2 Å². The lowest BCUT2D eigenvalue weighted by atomic mass is 10.0. The third-order valence-electron chi connectivity index (χ3n) is 4.17. The molecule has 1 aliphatic heterocycles. The lowest BCUT2D eigenvalue weighted by Crippen LogP contribution is -2.40. The summed E-state index contributed by atoms with van der Waals surface area (Å²) in [6.45, 7) is 4.14. The summed E-state index contributed by atoms with van der Waals surface area (Å²) < 4.78 is 0. The fourth-order valence-corrected chi connectivity index (χ4v) is 2.84. The lowest BCUT2D eigenvalue weighted by Gasteiger charge is -2.25. The zero-order valence-electron chi connectivity index (χ0n) is 13.0. The number of hydrogen-bond donors (Lipinski definition) is 1. The predicted molar refractivity (Wildman–Crippen MR) is 85.3 cm³/mol. The van der Waals surface area contributed by atoms with Crippen LogP contribution >= 0.6 is 0 Å². The molecule has 0 radical (unpaired) electrons. The van der Waals surface area contributed by atoms with Gasteiger partial charge >= 0.3 is 0 Å². The molecule has 1 aromatic carbocycles. The second-order valence-corrected chi connectivity index (χ2v) is 5.81. The predicted octanol–water partition coefficient (Wildman–Crippen LogP) is 1.64. The van der Waals surface area contributed by atoms with E-state index in [9.17, 15) is 9.90 Å². The van der Waals surface area contributed by atoms with Crippen LogP contribution < -0.4 is 4.90 Å². The minimum atomic E-state index is -0.330. The molecule has 0 aromatic heterocycles. The first-order chi connectivity index (χ1) is 10.6. The second kappa shape index (κ2) is 7.92. The van der Waals surface area contributed by atoms with Gasteiger partial charge in [0.15, 0.2) is 0 Å². The molecule has 118 valence electrons. The maximum atomic E-state index is 12.6. The van der Waals surface area contributed by atoms with E-state index in [4.69, 9.17) is 5.26 Å². The van der Waals surface area contributed by atoms with E-state index >= 15 is 0 Å². The molecule has 2 rings (SSSR count). The molecule has 1 aliphatic rings. The Labute approximate surface area is 131 Å². The Morgan fingerprint density at radius 2 is 2.23 bits per heavy atom. The van der Waals surface area contributed by atoms with Gasteiger partial charge in [-0.05, 0) is 37.9 Å². The van der Waals surface area contributed by atoms with Crippen molar-refractivity contribution in [2.75, 3.05) is 31.1 Å². The Bertz CT molecular complexity index is 524. The number of nitriles is 1. The van der Waals surface area contributed by atoms with E-state index in [2.05, 4.69) is 11.0 Å². The highest BCUT2D eigenvalue weighted by atomic mass is 16.3. The Morgan fingerprint density at radius 3 is 2.82 bits per heavy atom. The molecule has 0 bridgehead atoms. The molecule has 0 aliphatic carbocycles. The smallest absolute Gasteiger partial charge is 0.241 e. The number of para-hydroxylation sites is 1. The first-order valence-corrected chi connectivity index (χ1v) is 7.74. The van der Waals surface area contributed by atoms with Gasteiger partial charge in [0.2, 0.25) is 5.91 Å². The lowest BCUT2D eigenvalue weighted by molar-refractivity contribution is -0.119. The van der Waals surface area contributed by atoms with Crippen molar-refractivity contribution in [1.82, 2.24) is 4.90 Å². The minimum Gasteiger partial charge on any atom is -0.393 e. The number of anilines is 1. The van der Waals surface area contributed by atoms with Crippen LogP contribution in [0.1, 0.15) is 19.8 Å². The first kappa shape index (κ1) is 16.5. The van der Waals surface area contributed by atoms with Crippen molar-refractivity contribution in [1.29, 1.82) is 5.26 Å².